The second-order valence-electron chi connectivity index (χ2n) is 7.74. The van der Waals surface area contributed by atoms with E-state index in [-0.39, 0.29) is 29.4 Å². The lowest BCUT2D eigenvalue weighted by atomic mass is 9.64. The third kappa shape index (κ3) is 5.22. The summed E-state index contributed by atoms with van der Waals surface area (Å²) in [4.78, 5) is 8.93. The summed E-state index contributed by atoms with van der Waals surface area (Å²) in [6, 6.07) is 21.3. The van der Waals surface area contributed by atoms with Crippen LogP contribution in [0, 0.1) is 0 Å². The molecule has 30 heavy (non-hydrogen) atoms. The number of nitrogens with one attached hydrogen (secondary N) is 2. The lowest BCUT2D eigenvalue weighted by Gasteiger charge is -2.43. The molecule has 4 rings (SSSR count). The van der Waals surface area contributed by atoms with Gasteiger partial charge in [-0.25, -0.2) is 4.98 Å². The van der Waals surface area contributed by atoms with Crippen molar-refractivity contribution in [1.82, 2.24) is 20.2 Å². The first-order valence-electron chi connectivity index (χ1n) is 10.3. The third-order valence-electron chi connectivity index (χ3n) is 5.93. The number of aromatic nitrogens is 2. The molecule has 1 heterocycles. The van der Waals surface area contributed by atoms with Gasteiger partial charge in [-0.2, -0.15) is 0 Å². The van der Waals surface area contributed by atoms with E-state index in [2.05, 4.69) is 79.8 Å². The van der Waals surface area contributed by atoms with E-state index in [1.165, 1.54) is 30.4 Å². The number of rotatable bonds is 7. The van der Waals surface area contributed by atoms with Gasteiger partial charge in [-0.05, 0) is 24.0 Å². The molecule has 0 saturated heterocycles. The minimum atomic E-state index is 0. The highest BCUT2D eigenvalue weighted by molar-refractivity contribution is 14.0. The van der Waals surface area contributed by atoms with Crippen molar-refractivity contribution in [1.29, 1.82) is 0 Å². The van der Waals surface area contributed by atoms with E-state index in [0.29, 0.717) is 6.54 Å². The average Bonchev–Trinajstić information content (AvgIpc) is 3.18. The van der Waals surface area contributed by atoms with E-state index in [0.717, 1.165) is 24.9 Å². The van der Waals surface area contributed by atoms with Gasteiger partial charge < -0.3 is 15.2 Å². The minimum absolute atomic E-state index is 0. The smallest absolute Gasteiger partial charge is 0.191 e. The predicted octanol–water partition coefficient (Wildman–Crippen LogP) is 4.34. The average molecular weight is 515 g/mol. The Labute approximate surface area is 196 Å². The fourth-order valence-corrected chi connectivity index (χ4v) is 4.03. The first-order valence-corrected chi connectivity index (χ1v) is 10.3. The van der Waals surface area contributed by atoms with Crippen LogP contribution in [0.1, 0.15) is 36.2 Å². The van der Waals surface area contributed by atoms with Gasteiger partial charge in [-0.3, -0.25) is 4.99 Å². The first kappa shape index (κ1) is 22.3. The van der Waals surface area contributed by atoms with Gasteiger partial charge in [0.25, 0.3) is 0 Å². The molecule has 0 radical (unpaired) electrons. The second-order valence-corrected chi connectivity index (χ2v) is 7.74. The summed E-state index contributed by atoms with van der Waals surface area (Å²) < 4.78 is 2.17. The van der Waals surface area contributed by atoms with Gasteiger partial charge in [0.1, 0.15) is 5.82 Å². The maximum absolute atomic E-state index is 4.52. The van der Waals surface area contributed by atoms with E-state index in [9.17, 15) is 0 Å². The largest absolute Gasteiger partial charge is 0.356 e. The number of guanidine groups is 1. The molecule has 1 fully saturated rings. The summed E-state index contributed by atoms with van der Waals surface area (Å²) in [5.41, 5.74) is 2.92. The topological polar surface area (TPSA) is 54.2 Å². The van der Waals surface area contributed by atoms with E-state index in [1.54, 1.807) is 0 Å². The molecule has 6 heteroatoms. The molecular formula is C24H30IN5. The molecule has 1 aliphatic carbocycles. The molecular weight excluding hydrogens is 485 g/mol. The molecule has 0 amide bonds. The van der Waals surface area contributed by atoms with Crippen molar-refractivity contribution in [2.24, 2.45) is 4.99 Å². The summed E-state index contributed by atoms with van der Waals surface area (Å²) in [6.07, 6.45) is 7.62. The molecule has 0 bridgehead atoms. The molecule has 158 valence electrons. The summed E-state index contributed by atoms with van der Waals surface area (Å²) in [7, 11) is 1.82. The van der Waals surface area contributed by atoms with E-state index in [4.69, 9.17) is 0 Å². The van der Waals surface area contributed by atoms with Crippen molar-refractivity contribution in [3.63, 3.8) is 0 Å². The van der Waals surface area contributed by atoms with Gasteiger partial charge in [0.15, 0.2) is 5.96 Å². The third-order valence-corrected chi connectivity index (χ3v) is 5.93. The van der Waals surface area contributed by atoms with E-state index >= 15 is 0 Å². The van der Waals surface area contributed by atoms with Gasteiger partial charge >= 0.3 is 0 Å². The van der Waals surface area contributed by atoms with Crippen molar-refractivity contribution < 1.29 is 0 Å². The fourth-order valence-electron chi connectivity index (χ4n) is 4.03. The Balaban J connectivity index is 0.00000256. The zero-order valence-corrected chi connectivity index (χ0v) is 19.8. The number of nitrogens with zero attached hydrogens (tertiary/aromatic N) is 3. The highest BCUT2D eigenvalue weighted by Crippen LogP contribution is 2.43. The van der Waals surface area contributed by atoms with Crippen LogP contribution >= 0.6 is 24.0 Å². The number of halogens is 1. The Morgan fingerprint density at radius 2 is 1.73 bits per heavy atom. The van der Waals surface area contributed by atoms with Crippen LogP contribution in [-0.4, -0.2) is 29.1 Å². The standard InChI is InChI=1S/C24H29N5.HI/c1-25-23(28-19-24(13-8-14-24)21-11-6-3-7-12-21)27-17-22-26-15-16-29(22)18-20-9-4-2-5-10-20;/h2-7,9-12,15-16H,8,13-14,17-19H2,1H3,(H2,25,27,28);1H. The van der Waals surface area contributed by atoms with Crippen molar-refractivity contribution in [2.75, 3.05) is 13.6 Å². The molecule has 0 atom stereocenters. The van der Waals surface area contributed by atoms with Gasteiger partial charge in [0.2, 0.25) is 0 Å². The van der Waals surface area contributed by atoms with Crippen molar-refractivity contribution in [3.8, 4) is 0 Å². The lowest BCUT2D eigenvalue weighted by Crippen LogP contribution is -2.48. The Morgan fingerprint density at radius 3 is 2.37 bits per heavy atom. The van der Waals surface area contributed by atoms with Crippen LogP contribution in [0.5, 0.6) is 0 Å². The van der Waals surface area contributed by atoms with Crippen LogP contribution in [0.3, 0.4) is 0 Å². The Bertz CT molecular complexity index is 932. The predicted molar refractivity (Wildman–Crippen MR) is 133 cm³/mol. The number of hydrogen-bond acceptors (Lipinski definition) is 2. The van der Waals surface area contributed by atoms with Crippen LogP contribution < -0.4 is 10.6 Å². The van der Waals surface area contributed by atoms with Gasteiger partial charge in [0, 0.05) is 37.9 Å². The summed E-state index contributed by atoms with van der Waals surface area (Å²) in [6.45, 7) is 2.36. The molecule has 1 aliphatic rings. The molecule has 2 aromatic carbocycles. The molecule has 0 spiro atoms. The number of imidazole rings is 1. The zero-order chi connectivity index (χ0) is 19.9. The highest BCUT2D eigenvalue weighted by Gasteiger charge is 2.38. The zero-order valence-electron chi connectivity index (χ0n) is 17.4. The molecule has 2 N–H and O–H groups in total. The lowest BCUT2D eigenvalue weighted by molar-refractivity contribution is 0.244. The molecule has 0 unspecified atom stereocenters. The van der Waals surface area contributed by atoms with Crippen molar-refractivity contribution in [3.05, 3.63) is 90.0 Å². The molecule has 3 aromatic rings. The Hall–Kier alpha value is -2.35. The van der Waals surface area contributed by atoms with Crippen molar-refractivity contribution in [2.45, 2.75) is 37.8 Å². The quantitative estimate of drug-likeness (QED) is 0.280. The molecule has 0 aliphatic heterocycles. The number of aliphatic imine (C=N–C) groups is 1. The Kier molecular flexibility index (Phi) is 7.90. The SMILES string of the molecule is CN=C(NCc1nccn1Cc1ccccc1)NCC1(c2ccccc2)CCC1.I. The Morgan fingerprint density at radius 1 is 1.03 bits per heavy atom. The minimum Gasteiger partial charge on any atom is -0.356 e. The summed E-state index contributed by atoms with van der Waals surface area (Å²) in [5, 5.41) is 6.97. The van der Waals surface area contributed by atoms with E-state index in [1.807, 2.05) is 25.5 Å². The molecule has 1 aromatic heterocycles. The maximum Gasteiger partial charge on any atom is 0.191 e. The highest BCUT2D eigenvalue weighted by atomic mass is 127. The van der Waals surface area contributed by atoms with Gasteiger partial charge in [0.05, 0.1) is 6.54 Å². The van der Waals surface area contributed by atoms with Crippen molar-refractivity contribution >= 4 is 29.9 Å². The fraction of sp³-hybridized carbons (Fsp3) is 0.333. The van der Waals surface area contributed by atoms with E-state index < -0.39 is 0 Å². The van der Waals surface area contributed by atoms with Crippen LogP contribution in [0.2, 0.25) is 0 Å². The molecule has 5 nitrogen and oxygen atoms in total. The van der Waals surface area contributed by atoms with Crippen LogP contribution in [-0.2, 0) is 18.5 Å². The summed E-state index contributed by atoms with van der Waals surface area (Å²) >= 11 is 0. The second kappa shape index (κ2) is 10.6. The number of benzene rings is 2. The first-order chi connectivity index (χ1) is 14.3. The van der Waals surface area contributed by atoms with Crippen LogP contribution in [0.25, 0.3) is 0 Å². The van der Waals surface area contributed by atoms with Crippen LogP contribution in [0.4, 0.5) is 0 Å². The van der Waals surface area contributed by atoms with Gasteiger partial charge in [-0.15, -0.1) is 24.0 Å². The maximum atomic E-state index is 4.52. The normalized spacial score (nSPS) is 15.0. The van der Waals surface area contributed by atoms with Gasteiger partial charge in [-0.1, -0.05) is 67.1 Å². The molecule has 1 saturated carbocycles. The van der Waals surface area contributed by atoms with Crippen LogP contribution in [0.15, 0.2) is 78.0 Å². The number of hydrogen-bond donors (Lipinski definition) is 2. The summed E-state index contributed by atoms with van der Waals surface area (Å²) in [5.74, 6) is 1.82. The monoisotopic (exact) mass is 515 g/mol.